The van der Waals surface area contributed by atoms with Gasteiger partial charge in [-0.3, -0.25) is 0 Å². The first-order valence-electron chi connectivity index (χ1n) is 4.89. The molecule has 0 unspecified atom stereocenters. The summed E-state index contributed by atoms with van der Waals surface area (Å²) in [6.07, 6.45) is 4.46. The highest BCUT2D eigenvalue weighted by molar-refractivity contribution is 5.74. The van der Waals surface area contributed by atoms with Crippen LogP contribution in [0.2, 0.25) is 0 Å². The van der Waals surface area contributed by atoms with Gasteiger partial charge in [0, 0.05) is 11.6 Å². The molecule has 0 saturated carbocycles. The van der Waals surface area contributed by atoms with Gasteiger partial charge >= 0.3 is 0 Å². The molecule has 80 valence electrons. The standard InChI is InChI=1S/C13H15FO/c1-4-6-10(5-2)12-8-7-11(15-3)9-13(12)14/h5-9H,2,4H2,1,3H3/b10-6-. The Hall–Kier alpha value is -1.57. The highest BCUT2D eigenvalue weighted by atomic mass is 19.1. The Morgan fingerprint density at radius 1 is 1.53 bits per heavy atom. The normalized spacial score (nSPS) is 11.3. The molecule has 0 fully saturated rings. The summed E-state index contributed by atoms with van der Waals surface area (Å²) in [5.41, 5.74) is 1.38. The average Bonchev–Trinajstić information content (AvgIpc) is 2.26. The van der Waals surface area contributed by atoms with Gasteiger partial charge < -0.3 is 4.74 Å². The van der Waals surface area contributed by atoms with Gasteiger partial charge in [-0.15, -0.1) is 0 Å². The van der Waals surface area contributed by atoms with Gasteiger partial charge in [-0.2, -0.15) is 0 Å². The van der Waals surface area contributed by atoms with Crippen molar-refractivity contribution < 1.29 is 9.13 Å². The first-order valence-corrected chi connectivity index (χ1v) is 4.89. The monoisotopic (exact) mass is 206 g/mol. The molecule has 1 aromatic rings. The van der Waals surface area contributed by atoms with Gasteiger partial charge in [-0.1, -0.05) is 25.7 Å². The van der Waals surface area contributed by atoms with Gasteiger partial charge in [0.15, 0.2) is 0 Å². The van der Waals surface area contributed by atoms with E-state index in [0.717, 1.165) is 12.0 Å². The van der Waals surface area contributed by atoms with Crippen LogP contribution < -0.4 is 4.74 Å². The minimum Gasteiger partial charge on any atom is -0.497 e. The highest BCUT2D eigenvalue weighted by Gasteiger charge is 2.05. The maximum atomic E-state index is 13.6. The summed E-state index contributed by atoms with van der Waals surface area (Å²) in [7, 11) is 1.52. The number of hydrogen-bond donors (Lipinski definition) is 0. The van der Waals surface area contributed by atoms with E-state index in [1.807, 2.05) is 13.0 Å². The second-order valence-corrected chi connectivity index (χ2v) is 3.12. The Balaban J connectivity index is 3.14. The molecule has 0 aliphatic heterocycles. The zero-order chi connectivity index (χ0) is 11.3. The van der Waals surface area contributed by atoms with Crippen molar-refractivity contribution >= 4 is 5.57 Å². The van der Waals surface area contributed by atoms with E-state index >= 15 is 0 Å². The van der Waals surface area contributed by atoms with Crippen LogP contribution in [0.4, 0.5) is 4.39 Å². The Kier molecular flexibility index (Phi) is 4.10. The zero-order valence-electron chi connectivity index (χ0n) is 9.09. The Morgan fingerprint density at radius 2 is 2.27 bits per heavy atom. The second-order valence-electron chi connectivity index (χ2n) is 3.12. The molecule has 0 N–H and O–H groups in total. The van der Waals surface area contributed by atoms with Crippen LogP contribution in [0.3, 0.4) is 0 Å². The lowest BCUT2D eigenvalue weighted by Crippen LogP contribution is -1.90. The summed E-state index contributed by atoms with van der Waals surface area (Å²) in [5, 5.41) is 0. The minimum atomic E-state index is -0.283. The summed E-state index contributed by atoms with van der Waals surface area (Å²) in [4.78, 5) is 0. The molecule has 0 amide bonds. The molecular weight excluding hydrogens is 191 g/mol. The van der Waals surface area contributed by atoms with Crippen LogP contribution in [-0.2, 0) is 0 Å². The molecule has 15 heavy (non-hydrogen) atoms. The lowest BCUT2D eigenvalue weighted by Gasteiger charge is -2.06. The summed E-state index contributed by atoms with van der Waals surface area (Å²) < 4.78 is 18.6. The van der Waals surface area contributed by atoms with Crippen LogP contribution >= 0.6 is 0 Å². The van der Waals surface area contributed by atoms with E-state index < -0.39 is 0 Å². The summed E-state index contributed by atoms with van der Waals surface area (Å²) in [6.45, 7) is 5.68. The number of rotatable bonds is 4. The molecule has 0 aliphatic carbocycles. The van der Waals surface area contributed by atoms with Gasteiger partial charge in [0.25, 0.3) is 0 Å². The lowest BCUT2D eigenvalue weighted by molar-refractivity contribution is 0.411. The number of allylic oxidation sites excluding steroid dienone is 3. The SMILES string of the molecule is C=C/C(=C/CC)c1ccc(OC)cc1F. The molecule has 0 heterocycles. The van der Waals surface area contributed by atoms with Crippen LogP contribution in [0.25, 0.3) is 5.57 Å². The molecule has 0 saturated heterocycles. The fraction of sp³-hybridized carbons (Fsp3) is 0.231. The molecule has 2 heteroatoms. The van der Waals surface area contributed by atoms with E-state index in [1.165, 1.54) is 13.2 Å². The van der Waals surface area contributed by atoms with Crippen LogP contribution in [0, 0.1) is 5.82 Å². The van der Waals surface area contributed by atoms with Crippen LogP contribution in [-0.4, -0.2) is 7.11 Å². The van der Waals surface area contributed by atoms with Crippen molar-refractivity contribution in [2.75, 3.05) is 7.11 Å². The van der Waals surface area contributed by atoms with Crippen molar-refractivity contribution in [1.29, 1.82) is 0 Å². The van der Waals surface area contributed by atoms with Gasteiger partial charge in [-0.25, -0.2) is 4.39 Å². The maximum Gasteiger partial charge on any atom is 0.134 e. The van der Waals surface area contributed by atoms with Gasteiger partial charge in [0.05, 0.1) is 7.11 Å². The number of benzene rings is 1. The van der Waals surface area contributed by atoms with E-state index in [-0.39, 0.29) is 5.82 Å². The predicted molar refractivity (Wildman–Crippen MR) is 61.4 cm³/mol. The second kappa shape index (κ2) is 5.35. The number of ether oxygens (including phenoxy) is 1. The maximum absolute atomic E-state index is 13.6. The highest BCUT2D eigenvalue weighted by Crippen LogP contribution is 2.23. The van der Waals surface area contributed by atoms with Crippen molar-refractivity contribution in [1.82, 2.24) is 0 Å². The van der Waals surface area contributed by atoms with E-state index in [4.69, 9.17) is 4.74 Å². The van der Waals surface area contributed by atoms with E-state index in [2.05, 4.69) is 6.58 Å². The van der Waals surface area contributed by atoms with Gasteiger partial charge in [0.2, 0.25) is 0 Å². The van der Waals surface area contributed by atoms with Crippen LogP contribution in [0.15, 0.2) is 36.9 Å². The first-order chi connectivity index (χ1) is 7.22. The molecule has 1 aromatic carbocycles. The summed E-state index contributed by atoms with van der Waals surface area (Å²) in [5.74, 6) is 0.241. The van der Waals surface area contributed by atoms with Crippen molar-refractivity contribution in [3.8, 4) is 5.75 Å². The zero-order valence-corrected chi connectivity index (χ0v) is 9.09. The molecule has 1 nitrogen and oxygen atoms in total. The van der Waals surface area contributed by atoms with Gasteiger partial charge in [0.1, 0.15) is 11.6 Å². The Bertz CT molecular complexity index is 380. The topological polar surface area (TPSA) is 9.23 Å². The number of methoxy groups -OCH3 is 1. The lowest BCUT2D eigenvalue weighted by atomic mass is 10.0. The summed E-state index contributed by atoms with van der Waals surface area (Å²) >= 11 is 0. The number of hydrogen-bond acceptors (Lipinski definition) is 1. The Labute approximate surface area is 89.9 Å². The quantitative estimate of drug-likeness (QED) is 0.680. The largest absolute Gasteiger partial charge is 0.497 e. The molecule has 0 atom stereocenters. The van der Waals surface area contributed by atoms with Crippen LogP contribution in [0.1, 0.15) is 18.9 Å². The van der Waals surface area contributed by atoms with Crippen molar-refractivity contribution in [3.05, 3.63) is 48.3 Å². The minimum absolute atomic E-state index is 0.283. The molecule has 0 aliphatic rings. The smallest absolute Gasteiger partial charge is 0.134 e. The van der Waals surface area contributed by atoms with Gasteiger partial charge in [-0.05, 0) is 24.1 Å². The van der Waals surface area contributed by atoms with E-state index in [0.29, 0.717) is 11.3 Å². The summed E-state index contributed by atoms with van der Waals surface area (Å²) in [6, 6.07) is 4.82. The third-order valence-electron chi connectivity index (χ3n) is 2.13. The first kappa shape index (κ1) is 11.5. The molecule has 0 aromatic heterocycles. The van der Waals surface area contributed by atoms with Crippen molar-refractivity contribution in [3.63, 3.8) is 0 Å². The molecule has 0 bridgehead atoms. The predicted octanol–water partition coefficient (Wildman–Crippen LogP) is 3.81. The third-order valence-corrected chi connectivity index (χ3v) is 2.13. The van der Waals surface area contributed by atoms with Crippen molar-refractivity contribution in [2.24, 2.45) is 0 Å². The van der Waals surface area contributed by atoms with E-state index in [1.54, 1.807) is 18.2 Å². The Morgan fingerprint density at radius 3 is 2.73 bits per heavy atom. The molecule has 1 rings (SSSR count). The van der Waals surface area contributed by atoms with Crippen LogP contribution in [0.5, 0.6) is 5.75 Å². The molecule has 0 spiro atoms. The fourth-order valence-electron chi connectivity index (χ4n) is 1.38. The number of halogens is 1. The molecular formula is C13H15FO. The molecule has 0 radical (unpaired) electrons. The average molecular weight is 206 g/mol. The van der Waals surface area contributed by atoms with Crippen molar-refractivity contribution in [2.45, 2.75) is 13.3 Å². The third kappa shape index (κ3) is 2.69. The van der Waals surface area contributed by atoms with E-state index in [9.17, 15) is 4.39 Å². The fourth-order valence-corrected chi connectivity index (χ4v) is 1.38.